The molecule has 3 aromatic rings. The second-order valence-corrected chi connectivity index (χ2v) is 7.70. The van der Waals surface area contributed by atoms with E-state index in [1.807, 2.05) is 6.92 Å². The van der Waals surface area contributed by atoms with Crippen LogP contribution in [-0.2, 0) is 10.1 Å². The van der Waals surface area contributed by atoms with Crippen LogP contribution in [0.25, 0.3) is 5.69 Å². The van der Waals surface area contributed by atoms with E-state index in [-0.39, 0.29) is 20.7 Å². The van der Waals surface area contributed by atoms with Crippen LogP contribution in [0.15, 0.2) is 64.4 Å². The largest absolute Gasteiger partial charge is 0.379 e. The van der Waals surface area contributed by atoms with E-state index in [0.29, 0.717) is 5.69 Å². The van der Waals surface area contributed by atoms with Crippen LogP contribution in [-0.4, -0.2) is 18.2 Å². The zero-order valence-electron chi connectivity index (χ0n) is 13.4. The second kappa shape index (κ2) is 7.11. The van der Waals surface area contributed by atoms with Crippen molar-refractivity contribution in [3.8, 4) is 11.4 Å². The number of benzene rings is 2. The molecule has 0 saturated carbocycles. The van der Waals surface area contributed by atoms with E-state index in [4.69, 9.17) is 27.4 Å². The zero-order chi connectivity index (χ0) is 18.9. The van der Waals surface area contributed by atoms with Crippen molar-refractivity contribution in [2.45, 2.75) is 11.8 Å². The lowest BCUT2D eigenvalue weighted by molar-refractivity contribution is 0.486. The molecule has 0 N–H and O–H groups in total. The number of halogens is 2. The van der Waals surface area contributed by atoms with Gasteiger partial charge in [-0.25, -0.2) is 0 Å². The molecule has 0 saturated heterocycles. The number of rotatable bonds is 4. The molecule has 0 spiro atoms. The van der Waals surface area contributed by atoms with Gasteiger partial charge in [-0.1, -0.05) is 40.9 Å². The minimum absolute atomic E-state index is 0.0404. The summed E-state index contributed by atoms with van der Waals surface area (Å²) in [5.41, 5.74) is 0.715. The van der Waals surface area contributed by atoms with Gasteiger partial charge in [0.2, 0.25) is 0 Å². The fraction of sp³-hybridized carbons (Fsp3) is 0.0588. The Balaban J connectivity index is 1.91. The molecule has 0 aliphatic rings. The van der Waals surface area contributed by atoms with Gasteiger partial charge in [-0.2, -0.15) is 18.2 Å². The van der Waals surface area contributed by atoms with Gasteiger partial charge >= 0.3 is 10.1 Å². The molecule has 0 amide bonds. The summed E-state index contributed by atoms with van der Waals surface area (Å²) in [6, 6.07) is 12.1. The summed E-state index contributed by atoms with van der Waals surface area (Å²) < 4.78 is 30.8. The van der Waals surface area contributed by atoms with Crippen molar-refractivity contribution in [2.24, 2.45) is 0 Å². The molecule has 1 aromatic heterocycles. The highest BCUT2D eigenvalue weighted by Crippen LogP contribution is 2.21. The van der Waals surface area contributed by atoms with Crippen molar-refractivity contribution >= 4 is 33.3 Å². The number of aromatic nitrogens is 2. The van der Waals surface area contributed by atoms with E-state index >= 15 is 0 Å². The number of aryl methyl sites for hydroxylation is 1. The Labute approximate surface area is 159 Å². The lowest BCUT2D eigenvalue weighted by Crippen LogP contribution is -2.21. The fourth-order valence-corrected chi connectivity index (χ4v) is 3.30. The van der Waals surface area contributed by atoms with Crippen LogP contribution in [0, 0.1) is 6.92 Å². The molecule has 6 nitrogen and oxygen atoms in total. The number of nitrogens with zero attached hydrogens (tertiary/aromatic N) is 2. The van der Waals surface area contributed by atoms with Crippen molar-refractivity contribution in [1.82, 2.24) is 9.78 Å². The Morgan fingerprint density at radius 2 is 1.62 bits per heavy atom. The molecule has 0 fully saturated rings. The zero-order valence-corrected chi connectivity index (χ0v) is 15.7. The first-order valence-corrected chi connectivity index (χ1v) is 9.49. The van der Waals surface area contributed by atoms with Crippen molar-refractivity contribution in [3.63, 3.8) is 0 Å². The van der Waals surface area contributed by atoms with Gasteiger partial charge in [0.1, 0.15) is 15.7 Å². The third kappa shape index (κ3) is 3.75. The predicted octanol–water partition coefficient (Wildman–Crippen LogP) is 3.62. The Bertz CT molecular complexity index is 1110. The lowest BCUT2D eigenvalue weighted by atomic mass is 10.2. The maximum Gasteiger partial charge on any atom is 0.339 e. The van der Waals surface area contributed by atoms with Crippen LogP contribution < -0.4 is 9.74 Å². The van der Waals surface area contributed by atoms with Crippen LogP contribution in [0.5, 0.6) is 5.75 Å². The molecule has 0 aliphatic heterocycles. The summed E-state index contributed by atoms with van der Waals surface area (Å²) in [5, 5.41) is 3.76. The van der Waals surface area contributed by atoms with Crippen molar-refractivity contribution < 1.29 is 12.6 Å². The van der Waals surface area contributed by atoms with E-state index in [0.717, 1.165) is 10.2 Å². The first kappa shape index (κ1) is 18.4. The van der Waals surface area contributed by atoms with Gasteiger partial charge in [0, 0.05) is 0 Å². The van der Waals surface area contributed by atoms with E-state index in [1.165, 1.54) is 30.5 Å². The molecular formula is C17H12Cl2N2O4S. The van der Waals surface area contributed by atoms with E-state index in [1.54, 1.807) is 24.3 Å². The average Bonchev–Trinajstić information content (AvgIpc) is 2.62. The standard InChI is InChI=1S/C17H12Cl2N2O4S/c1-11-2-6-13(7-3-11)25-26(23,24)14-8-4-12(5-9-14)21-17(22)16(19)15(18)10-20-21/h2-10H,1H3. The van der Waals surface area contributed by atoms with Crippen molar-refractivity contribution in [1.29, 1.82) is 0 Å². The highest BCUT2D eigenvalue weighted by molar-refractivity contribution is 7.87. The van der Waals surface area contributed by atoms with E-state index < -0.39 is 15.7 Å². The van der Waals surface area contributed by atoms with Crippen LogP contribution in [0.4, 0.5) is 0 Å². The van der Waals surface area contributed by atoms with Gasteiger partial charge in [-0.05, 0) is 43.3 Å². The summed E-state index contributed by atoms with van der Waals surface area (Å²) in [4.78, 5) is 12.0. The first-order valence-electron chi connectivity index (χ1n) is 7.33. The quantitative estimate of drug-likeness (QED) is 0.613. The maximum absolute atomic E-state index is 12.4. The summed E-state index contributed by atoms with van der Waals surface area (Å²) in [7, 11) is -4.01. The maximum atomic E-state index is 12.4. The van der Waals surface area contributed by atoms with Crippen LogP contribution in [0.1, 0.15) is 5.56 Å². The van der Waals surface area contributed by atoms with Crippen LogP contribution in [0.3, 0.4) is 0 Å². The minimum Gasteiger partial charge on any atom is -0.379 e. The SMILES string of the molecule is Cc1ccc(OS(=O)(=O)c2ccc(-n3ncc(Cl)c(Cl)c3=O)cc2)cc1. The molecule has 134 valence electrons. The summed E-state index contributed by atoms with van der Waals surface area (Å²) >= 11 is 11.6. The topological polar surface area (TPSA) is 78.3 Å². The van der Waals surface area contributed by atoms with Crippen molar-refractivity contribution in [2.75, 3.05) is 0 Å². The van der Waals surface area contributed by atoms with Crippen molar-refractivity contribution in [3.05, 3.63) is 80.7 Å². The Hall–Kier alpha value is -2.35. The van der Waals surface area contributed by atoms with Crippen LogP contribution >= 0.6 is 23.2 Å². The normalized spacial score (nSPS) is 11.3. The fourth-order valence-electron chi connectivity index (χ4n) is 2.12. The average molecular weight is 411 g/mol. The highest BCUT2D eigenvalue weighted by Gasteiger charge is 2.17. The summed E-state index contributed by atoms with van der Waals surface area (Å²) in [5.74, 6) is 0.210. The van der Waals surface area contributed by atoms with Gasteiger partial charge in [0.05, 0.1) is 16.9 Å². The van der Waals surface area contributed by atoms with Gasteiger partial charge in [-0.15, -0.1) is 0 Å². The first-order chi connectivity index (χ1) is 12.3. The molecule has 9 heteroatoms. The Morgan fingerprint density at radius 3 is 2.23 bits per heavy atom. The molecule has 0 unspecified atom stereocenters. The smallest absolute Gasteiger partial charge is 0.339 e. The molecule has 0 atom stereocenters. The van der Waals surface area contributed by atoms with Crippen LogP contribution in [0.2, 0.25) is 10.0 Å². The number of hydrogen-bond donors (Lipinski definition) is 0. The number of hydrogen-bond acceptors (Lipinski definition) is 5. The Kier molecular flexibility index (Phi) is 5.04. The molecule has 0 bridgehead atoms. The molecule has 1 heterocycles. The third-order valence-corrected chi connectivity index (χ3v) is 5.48. The lowest BCUT2D eigenvalue weighted by Gasteiger charge is -2.09. The summed E-state index contributed by atoms with van der Waals surface area (Å²) in [6.07, 6.45) is 1.23. The van der Waals surface area contributed by atoms with Gasteiger partial charge in [-0.3, -0.25) is 4.79 Å². The second-order valence-electron chi connectivity index (χ2n) is 5.37. The molecule has 3 rings (SSSR count). The monoisotopic (exact) mass is 410 g/mol. The van der Waals surface area contributed by atoms with Gasteiger partial charge in [0.25, 0.3) is 5.56 Å². The molecule has 2 aromatic carbocycles. The third-order valence-electron chi connectivity index (χ3n) is 3.47. The van der Waals surface area contributed by atoms with Gasteiger partial charge < -0.3 is 4.18 Å². The van der Waals surface area contributed by atoms with E-state index in [2.05, 4.69) is 5.10 Å². The molecule has 0 aliphatic carbocycles. The summed E-state index contributed by atoms with van der Waals surface area (Å²) in [6.45, 7) is 1.88. The molecule has 26 heavy (non-hydrogen) atoms. The van der Waals surface area contributed by atoms with E-state index in [9.17, 15) is 13.2 Å². The highest BCUT2D eigenvalue weighted by atomic mass is 35.5. The minimum atomic E-state index is -4.01. The van der Waals surface area contributed by atoms with Gasteiger partial charge in [0.15, 0.2) is 0 Å². The Morgan fingerprint density at radius 1 is 1.00 bits per heavy atom. The predicted molar refractivity (Wildman–Crippen MR) is 98.8 cm³/mol. The molecular weight excluding hydrogens is 399 g/mol. The molecule has 0 radical (unpaired) electrons.